The number of nitrogens with zero attached hydrogens (tertiary/aromatic N) is 2. The molecule has 0 aromatic heterocycles. The lowest BCUT2D eigenvalue weighted by Crippen LogP contribution is -2.41. The highest BCUT2D eigenvalue weighted by Gasteiger charge is 2.25. The molecule has 0 atom stereocenters. The third kappa shape index (κ3) is 7.06. The zero-order valence-electron chi connectivity index (χ0n) is 16.2. The van der Waals surface area contributed by atoms with Crippen LogP contribution in [0.4, 0.5) is 10.5 Å². The number of carbonyl (C=O) groups is 1. The van der Waals surface area contributed by atoms with Crippen molar-refractivity contribution in [1.29, 1.82) is 0 Å². The number of aliphatic hydroxyl groups excluding tert-OH is 1. The van der Waals surface area contributed by atoms with Crippen molar-refractivity contribution < 1.29 is 9.90 Å². The SMILES string of the molecule is CCN(CC#C[C@H]1CC[C@H](N(C)C(=O)Nc2ccc(Cl)cc2)CC1)CCO. The third-order valence-electron chi connectivity index (χ3n) is 5.13. The third-order valence-corrected chi connectivity index (χ3v) is 5.38. The van der Waals surface area contributed by atoms with Crippen LogP contribution in [0.1, 0.15) is 32.6 Å². The Bertz CT molecular complexity index is 646. The van der Waals surface area contributed by atoms with Crippen LogP contribution in [0.5, 0.6) is 0 Å². The Morgan fingerprint density at radius 1 is 1.26 bits per heavy atom. The number of carbonyl (C=O) groups excluding carboxylic acids is 1. The lowest BCUT2D eigenvalue weighted by atomic mass is 9.86. The number of nitrogens with one attached hydrogen (secondary N) is 1. The van der Waals surface area contributed by atoms with Crippen LogP contribution >= 0.6 is 11.6 Å². The van der Waals surface area contributed by atoms with Crippen molar-refractivity contribution in [1.82, 2.24) is 9.80 Å². The summed E-state index contributed by atoms with van der Waals surface area (Å²) in [6.07, 6.45) is 3.97. The first kappa shape index (κ1) is 21.6. The largest absolute Gasteiger partial charge is 0.395 e. The molecule has 148 valence electrons. The van der Waals surface area contributed by atoms with Gasteiger partial charge in [-0.1, -0.05) is 30.4 Å². The molecule has 0 unspecified atom stereocenters. The van der Waals surface area contributed by atoms with Gasteiger partial charge in [0.2, 0.25) is 0 Å². The van der Waals surface area contributed by atoms with Crippen molar-refractivity contribution >= 4 is 23.3 Å². The first-order valence-corrected chi connectivity index (χ1v) is 10.0. The van der Waals surface area contributed by atoms with Gasteiger partial charge in [0.05, 0.1) is 13.2 Å². The highest BCUT2D eigenvalue weighted by Crippen LogP contribution is 2.27. The summed E-state index contributed by atoms with van der Waals surface area (Å²) in [5.74, 6) is 7.03. The second kappa shape index (κ2) is 11.2. The Morgan fingerprint density at radius 2 is 1.93 bits per heavy atom. The normalized spacial score (nSPS) is 19.3. The fourth-order valence-corrected chi connectivity index (χ4v) is 3.44. The molecule has 0 bridgehead atoms. The predicted octanol–water partition coefficient (Wildman–Crippen LogP) is 3.68. The Balaban J connectivity index is 1.77. The van der Waals surface area contributed by atoms with E-state index in [1.807, 2.05) is 7.05 Å². The van der Waals surface area contributed by atoms with Crippen LogP contribution in [0.15, 0.2) is 24.3 Å². The zero-order valence-corrected chi connectivity index (χ0v) is 17.0. The number of hydrogen-bond donors (Lipinski definition) is 2. The minimum Gasteiger partial charge on any atom is -0.395 e. The maximum atomic E-state index is 12.4. The molecule has 6 heteroatoms. The lowest BCUT2D eigenvalue weighted by Gasteiger charge is -2.33. The summed E-state index contributed by atoms with van der Waals surface area (Å²) in [7, 11) is 1.86. The number of anilines is 1. The van der Waals surface area contributed by atoms with Gasteiger partial charge in [0, 0.05) is 36.3 Å². The minimum atomic E-state index is -0.0885. The molecule has 0 heterocycles. The molecule has 0 saturated heterocycles. The van der Waals surface area contributed by atoms with Gasteiger partial charge >= 0.3 is 6.03 Å². The number of hydrogen-bond acceptors (Lipinski definition) is 3. The van der Waals surface area contributed by atoms with Crippen molar-refractivity contribution in [2.75, 3.05) is 38.6 Å². The summed E-state index contributed by atoms with van der Waals surface area (Å²) in [5.41, 5.74) is 0.749. The molecule has 0 spiro atoms. The number of benzene rings is 1. The molecule has 2 N–H and O–H groups in total. The number of likely N-dealkylation sites (N-methyl/N-ethyl adjacent to an activating group) is 1. The van der Waals surface area contributed by atoms with Crippen LogP contribution in [0.2, 0.25) is 5.02 Å². The summed E-state index contributed by atoms with van der Waals surface area (Å²) >= 11 is 5.88. The van der Waals surface area contributed by atoms with Crippen molar-refractivity contribution in [3.05, 3.63) is 29.3 Å². The smallest absolute Gasteiger partial charge is 0.321 e. The Hall–Kier alpha value is -1.74. The molecule has 1 aliphatic carbocycles. The lowest BCUT2D eigenvalue weighted by molar-refractivity contribution is 0.179. The van der Waals surface area contributed by atoms with Crippen molar-refractivity contribution in [3.63, 3.8) is 0 Å². The van der Waals surface area contributed by atoms with E-state index in [9.17, 15) is 4.79 Å². The quantitative estimate of drug-likeness (QED) is 0.727. The van der Waals surface area contributed by atoms with E-state index >= 15 is 0 Å². The number of halogens is 1. The highest BCUT2D eigenvalue weighted by molar-refractivity contribution is 6.30. The molecule has 0 aliphatic heterocycles. The average Bonchev–Trinajstić information content (AvgIpc) is 2.69. The highest BCUT2D eigenvalue weighted by atomic mass is 35.5. The second-order valence-corrected chi connectivity index (χ2v) is 7.40. The Morgan fingerprint density at radius 3 is 2.52 bits per heavy atom. The number of aliphatic hydroxyl groups is 1. The van der Waals surface area contributed by atoms with Gasteiger partial charge in [-0.15, -0.1) is 0 Å². The monoisotopic (exact) mass is 391 g/mol. The van der Waals surface area contributed by atoms with E-state index in [2.05, 4.69) is 29.0 Å². The van der Waals surface area contributed by atoms with Crippen molar-refractivity contribution in [2.45, 2.75) is 38.6 Å². The van der Waals surface area contributed by atoms with E-state index < -0.39 is 0 Å². The van der Waals surface area contributed by atoms with Crippen LogP contribution in [-0.2, 0) is 0 Å². The van der Waals surface area contributed by atoms with E-state index in [4.69, 9.17) is 16.7 Å². The standard InChI is InChI=1S/C21H30ClN3O2/c1-3-25(15-16-26)14-4-5-17-6-12-20(13-7-17)24(2)21(27)23-19-10-8-18(22)9-11-19/h8-11,17,20,26H,3,6-7,12-16H2,1-2H3,(H,23,27)/t17-,20-. The zero-order chi connectivity index (χ0) is 19.6. The predicted molar refractivity (Wildman–Crippen MR) is 111 cm³/mol. The molecule has 2 rings (SSSR count). The second-order valence-electron chi connectivity index (χ2n) is 6.97. The van der Waals surface area contributed by atoms with E-state index in [0.717, 1.165) is 37.9 Å². The van der Waals surface area contributed by atoms with E-state index in [1.54, 1.807) is 29.2 Å². The molecule has 1 aliphatic rings. The van der Waals surface area contributed by atoms with Crippen LogP contribution in [-0.4, -0.2) is 60.3 Å². The average molecular weight is 392 g/mol. The number of urea groups is 1. The first-order valence-electron chi connectivity index (χ1n) is 9.64. The maximum absolute atomic E-state index is 12.4. The molecule has 1 saturated carbocycles. The molecule has 2 amide bonds. The van der Waals surface area contributed by atoms with Gasteiger partial charge in [0.15, 0.2) is 0 Å². The Kier molecular flexibility index (Phi) is 8.93. The molecule has 1 aromatic rings. The molecule has 1 aromatic carbocycles. The molecule has 5 nitrogen and oxygen atoms in total. The summed E-state index contributed by atoms with van der Waals surface area (Å²) in [4.78, 5) is 16.4. The van der Waals surface area contributed by atoms with Gasteiger partial charge in [0.25, 0.3) is 0 Å². The number of amides is 2. The van der Waals surface area contributed by atoms with Gasteiger partial charge in [-0.2, -0.15) is 0 Å². The van der Waals surface area contributed by atoms with Crippen LogP contribution < -0.4 is 5.32 Å². The van der Waals surface area contributed by atoms with Crippen molar-refractivity contribution in [2.24, 2.45) is 5.92 Å². The topological polar surface area (TPSA) is 55.8 Å². The maximum Gasteiger partial charge on any atom is 0.321 e. The van der Waals surface area contributed by atoms with Crippen molar-refractivity contribution in [3.8, 4) is 11.8 Å². The fraction of sp³-hybridized carbons (Fsp3) is 0.571. The van der Waals surface area contributed by atoms with Crippen LogP contribution in [0.25, 0.3) is 0 Å². The molecular weight excluding hydrogens is 362 g/mol. The molecule has 0 radical (unpaired) electrons. The molecule has 27 heavy (non-hydrogen) atoms. The number of rotatable bonds is 6. The van der Waals surface area contributed by atoms with Gasteiger partial charge in [-0.3, -0.25) is 4.90 Å². The summed E-state index contributed by atoms with van der Waals surface area (Å²) < 4.78 is 0. The summed E-state index contributed by atoms with van der Waals surface area (Å²) in [5, 5.41) is 12.6. The Labute approximate surface area is 167 Å². The van der Waals surface area contributed by atoms with Gasteiger partial charge < -0.3 is 15.3 Å². The summed E-state index contributed by atoms with van der Waals surface area (Å²) in [6.45, 7) is 4.53. The first-order chi connectivity index (χ1) is 13.0. The molecule has 1 fully saturated rings. The van der Waals surface area contributed by atoms with Crippen LogP contribution in [0.3, 0.4) is 0 Å². The van der Waals surface area contributed by atoms with E-state index in [-0.39, 0.29) is 18.7 Å². The fourth-order valence-electron chi connectivity index (χ4n) is 3.31. The molecular formula is C21H30ClN3O2. The van der Waals surface area contributed by atoms with Gasteiger partial charge in [0.1, 0.15) is 0 Å². The minimum absolute atomic E-state index is 0.0885. The van der Waals surface area contributed by atoms with Crippen LogP contribution in [0, 0.1) is 17.8 Å². The van der Waals surface area contributed by atoms with E-state index in [1.165, 1.54) is 0 Å². The summed E-state index contributed by atoms with van der Waals surface area (Å²) in [6, 6.07) is 7.29. The van der Waals surface area contributed by atoms with E-state index in [0.29, 0.717) is 24.0 Å². The van der Waals surface area contributed by atoms with Gasteiger partial charge in [-0.05, 0) is 56.5 Å². The van der Waals surface area contributed by atoms with Gasteiger partial charge in [-0.25, -0.2) is 4.79 Å².